The molecule has 4 heteroatoms. The molecule has 0 fully saturated rings. The van der Waals surface area contributed by atoms with Gasteiger partial charge in [-0.1, -0.05) is 0 Å². The minimum atomic E-state index is -0.164. The van der Waals surface area contributed by atoms with Gasteiger partial charge in [0.25, 0.3) is 0 Å². The fourth-order valence-electron chi connectivity index (χ4n) is 0.698. The van der Waals surface area contributed by atoms with Gasteiger partial charge in [0.2, 0.25) is 0 Å². The number of unbranched alkanes of at least 4 members (excludes halogenated alkanes) is 1. The predicted octanol–water partition coefficient (Wildman–Crippen LogP) is 1.28. The van der Waals surface area contributed by atoms with Gasteiger partial charge >= 0.3 is 5.97 Å². The first kappa shape index (κ1) is 11.8. The Bertz CT molecular complexity index is 117. The van der Waals surface area contributed by atoms with Crippen molar-refractivity contribution >= 4 is 18.6 Å². The lowest BCUT2D eigenvalue weighted by Crippen LogP contribution is -2.06. The van der Waals surface area contributed by atoms with Gasteiger partial charge in [0.15, 0.2) is 0 Å². The van der Waals surface area contributed by atoms with Crippen LogP contribution in [0.15, 0.2) is 0 Å². The summed E-state index contributed by atoms with van der Waals surface area (Å²) < 4.78 is 9.73. The van der Waals surface area contributed by atoms with Crippen LogP contribution in [0, 0.1) is 0 Å². The lowest BCUT2D eigenvalue weighted by atomic mass is 10.3. The van der Waals surface area contributed by atoms with Gasteiger partial charge in [-0.05, 0) is 12.8 Å². The van der Waals surface area contributed by atoms with Crippen LogP contribution in [0.2, 0.25) is 0 Å². The predicted molar refractivity (Wildman–Crippen MR) is 50.5 cm³/mol. The van der Waals surface area contributed by atoms with Crippen molar-refractivity contribution in [1.29, 1.82) is 0 Å². The van der Waals surface area contributed by atoms with E-state index in [2.05, 4.69) is 12.6 Å². The standard InChI is InChI=1S/C8H16O3S/c1-10-5-2-3-6-11-8(9)4-7-12/h12H,2-7H2,1H3. The van der Waals surface area contributed by atoms with E-state index in [4.69, 9.17) is 9.47 Å². The second-order valence-corrected chi connectivity index (χ2v) is 2.84. The van der Waals surface area contributed by atoms with Crippen LogP contribution in [0.5, 0.6) is 0 Å². The molecule has 0 heterocycles. The second-order valence-electron chi connectivity index (χ2n) is 2.39. The molecule has 0 saturated heterocycles. The SMILES string of the molecule is COCCCCOC(=O)CCS. The number of carbonyl (C=O) groups is 1. The Hall–Kier alpha value is -0.220. The number of esters is 1. The van der Waals surface area contributed by atoms with Gasteiger partial charge in [0, 0.05) is 19.5 Å². The first-order chi connectivity index (χ1) is 5.81. The Kier molecular flexibility index (Phi) is 8.71. The molecule has 3 nitrogen and oxygen atoms in total. The van der Waals surface area contributed by atoms with E-state index in [-0.39, 0.29) is 5.97 Å². The van der Waals surface area contributed by atoms with Gasteiger partial charge in [0.05, 0.1) is 13.0 Å². The molecule has 0 rings (SSSR count). The van der Waals surface area contributed by atoms with Crippen molar-refractivity contribution < 1.29 is 14.3 Å². The summed E-state index contributed by atoms with van der Waals surface area (Å²) in [6.45, 7) is 1.22. The third-order valence-corrected chi connectivity index (χ3v) is 1.55. The molecule has 0 aromatic carbocycles. The molecule has 0 atom stereocenters. The smallest absolute Gasteiger partial charge is 0.306 e. The summed E-state index contributed by atoms with van der Waals surface area (Å²) in [6.07, 6.45) is 2.20. The highest BCUT2D eigenvalue weighted by Gasteiger charge is 1.99. The molecule has 0 aliphatic rings. The van der Waals surface area contributed by atoms with Crippen molar-refractivity contribution in [3.05, 3.63) is 0 Å². The van der Waals surface area contributed by atoms with E-state index in [0.29, 0.717) is 18.8 Å². The first-order valence-corrected chi connectivity index (χ1v) is 4.70. The molecule has 0 aliphatic carbocycles. The highest BCUT2D eigenvalue weighted by atomic mass is 32.1. The normalized spacial score (nSPS) is 9.83. The number of carbonyl (C=O) groups excluding carboxylic acids is 1. The molecule has 12 heavy (non-hydrogen) atoms. The lowest BCUT2D eigenvalue weighted by molar-refractivity contribution is -0.143. The Balaban J connectivity index is 3.03. The fraction of sp³-hybridized carbons (Fsp3) is 0.875. The van der Waals surface area contributed by atoms with Crippen LogP contribution in [0.3, 0.4) is 0 Å². The van der Waals surface area contributed by atoms with E-state index in [1.807, 2.05) is 0 Å². The van der Waals surface area contributed by atoms with E-state index >= 15 is 0 Å². The average Bonchev–Trinajstić information content (AvgIpc) is 2.05. The second kappa shape index (κ2) is 8.87. The number of hydrogen-bond acceptors (Lipinski definition) is 4. The van der Waals surface area contributed by atoms with Crippen molar-refractivity contribution in [1.82, 2.24) is 0 Å². The van der Waals surface area contributed by atoms with Crippen LogP contribution >= 0.6 is 12.6 Å². The van der Waals surface area contributed by atoms with Crippen molar-refractivity contribution in [2.45, 2.75) is 19.3 Å². The molecule has 0 unspecified atom stereocenters. The van der Waals surface area contributed by atoms with E-state index in [0.717, 1.165) is 19.4 Å². The maximum absolute atomic E-state index is 10.8. The summed E-state index contributed by atoms with van der Waals surface area (Å²) in [5.41, 5.74) is 0. The van der Waals surface area contributed by atoms with Crippen molar-refractivity contribution in [2.24, 2.45) is 0 Å². The number of hydrogen-bond donors (Lipinski definition) is 1. The van der Waals surface area contributed by atoms with Gasteiger partial charge in [0.1, 0.15) is 0 Å². The lowest BCUT2D eigenvalue weighted by Gasteiger charge is -2.02. The van der Waals surface area contributed by atoms with Gasteiger partial charge in [-0.15, -0.1) is 0 Å². The minimum Gasteiger partial charge on any atom is -0.466 e. The van der Waals surface area contributed by atoms with Crippen molar-refractivity contribution in [2.75, 3.05) is 26.1 Å². The number of ether oxygens (including phenoxy) is 2. The van der Waals surface area contributed by atoms with E-state index in [1.54, 1.807) is 7.11 Å². The molecule has 0 aromatic rings. The van der Waals surface area contributed by atoms with Gasteiger partial charge in [-0.3, -0.25) is 4.79 Å². The quantitative estimate of drug-likeness (QED) is 0.375. The molecule has 0 saturated carbocycles. The summed E-state index contributed by atoms with van der Waals surface area (Å²) in [4.78, 5) is 10.8. The summed E-state index contributed by atoms with van der Waals surface area (Å²) in [6, 6.07) is 0. The zero-order valence-corrected chi connectivity index (χ0v) is 8.31. The maximum Gasteiger partial charge on any atom is 0.306 e. The number of rotatable bonds is 7. The minimum absolute atomic E-state index is 0.164. The van der Waals surface area contributed by atoms with Crippen LogP contribution in [0.4, 0.5) is 0 Å². The van der Waals surface area contributed by atoms with Crippen molar-refractivity contribution in [3.8, 4) is 0 Å². The van der Waals surface area contributed by atoms with Crippen molar-refractivity contribution in [3.63, 3.8) is 0 Å². The molecule has 0 amide bonds. The Labute approximate surface area is 78.8 Å². The molecule has 0 radical (unpaired) electrons. The molecule has 72 valence electrons. The van der Waals surface area contributed by atoms with Crippen LogP contribution in [0.1, 0.15) is 19.3 Å². The molecular weight excluding hydrogens is 176 g/mol. The number of methoxy groups -OCH3 is 1. The zero-order valence-electron chi connectivity index (χ0n) is 7.41. The highest BCUT2D eigenvalue weighted by Crippen LogP contribution is 1.94. The summed E-state index contributed by atoms with van der Waals surface area (Å²) in [7, 11) is 1.66. The zero-order chi connectivity index (χ0) is 9.23. The van der Waals surface area contributed by atoms with E-state index in [9.17, 15) is 4.79 Å². The number of thiol groups is 1. The first-order valence-electron chi connectivity index (χ1n) is 4.06. The molecule has 0 aromatic heterocycles. The maximum atomic E-state index is 10.8. The highest BCUT2D eigenvalue weighted by molar-refractivity contribution is 7.80. The third-order valence-electron chi connectivity index (χ3n) is 1.32. The average molecular weight is 192 g/mol. The third kappa shape index (κ3) is 7.88. The largest absolute Gasteiger partial charge is 0.466 e. The van der Waals surface area contributed by atoms with Gasteiger partial charge < -0.3 is 9.47 Å². The fourth-order valence-corrected chi connectivity index (χ4v) is 0.880. The van der Waals surface area contributed by atoms with Crippen LogP contribution in [-0.4, -0.2) is 32.0 Å². The molecule has 0 N–H and O–H groups in total. The van der Waals surface area contributed by atoms with E-state index in [1.165, 1.54) is 0 Å². The molecule has 0 aliphatic heterocycles. The van der Waals surface area contributed by atoms with Gasteiger partial charge in [-0.2, -0.15) is 12.6 Å². The van der Waals surface area contributed by atoms with Crippen LogP contribution < -0.4 is 0 Å². The Morgan fingerprint density at radius 3 is 2.58 bits per heavy atom. The van der Waals surface area contributed by atoms with Gasteiger partial charge in [-0.25, -0.2) is 0 Å². The van der Waals surface area contributed by atoms with E-state index < -0.39 is 0 Å². The van der Waals surface area contributed by atoms with Crippen LogP contribution in [0.25, 0.3) is 0 Å². The summed E-state index contributed by atoms with van der Waals surface area (Å²) >= 11 is 3.92. The summed E-state index contributed by atoms with van der Waals surface area (Å²) in [5.74, 6) is 0.388. The molecule has 0 spiro atoms. The Morgan fingerprint density at radius 1 is 1.33 bits per heavy atom. The van der Waals surface area contributed by atoms with Crippen LogP contribution in [-0.2, 0) is 14.3 Å². The topological polar surface area (TPSA) is 35.5 Å². The molecular formula is C8H16O3S. The summed E-state index contributed by atoms with van der Waals surface area (Å²) in [5, 5.41) is 0. The molecule has 0 bridgehead atoms. The monoisotopic (exact) mass is 192 g/mol. The Morgan fingerprint density at radius 2 is 2.00 bits per heavy atom.